The number of guanidine groups is 1. The van der Waals surface area contributed by atoms with Crippen molar-refractivity contribution >= 4 is 29.9 Å². The number of halogens is 1. The van der Waals surface area contributed by atoms with Gasteiger partial charge < -0.3 is 15.2 Å². The number of aryl methyl sites for hydroxylation is 1. The Morgan fingerprint density at radius 3 is 2.57 bits per heavy atom. The van der Waals surface area contributed by atoms with Crippen LogP contribution in [0.25, 0.3) is 0 Å². The van der Waals surface area contributed by atoms with Gasteiger partial charge in [-0.25, -0.2) is 4.99 Å². The lowest BCUT2D eigenvalue weighted by Gasteiger charge is -2.29. The molecular weight excluding hydrogens is 403 g/mol. The Hall–Kier alpha value is -0.790. The van der Waals surface area contributed by atoms with Crippen LogP contribution in [0.1, 0.15) is 64.3 Å². The Balaban J connectivity index is 0.00000264. The Morgan fingerprint density at radius 1 is 1.26 bits per heavy atom. The maximum absolute atomic E-state index is 5.29. The van der Waals surface area contributed by atoms with Crippen LogP contribution < -0.4 is 10.6 Å². The summed E-state index contributed by atoms with van der Waals surface area (Å²) in [4.78, 5) is 4.63. The molecule has 0 atom stereocenters. The fraction of sp³-hybridized carbons (Fsp3) is 0.765. The van der Waals surface area contributed by atoms with Crippen molar-refractivity contribution in [1.29, 1.82) is 0 Å². The molecule has 1 aromatic heterocycles. The summed E-state index contributed by atoms with van der Waals surface area (Å²) in [6.07, 6.45) is 7.35. The third-order valence-electron chi connectivity index (χ3n) is 4.47. The zero-order valence-corrected chi connectivity index (χ0v) is 16.9. The smallest absolute Gasteiger partial charge is 0.191 e. The lowest BCUT2D eigenvalue weighted by atomic mass is 9.84. The van der Waals surface area contributed by atoms with Crippen LogP contribution in [-0.2, 0) is 13.0 Å². The van der Waals surface area contributed by atoms with Gasteiger partial charge >= 0.3 is 0 Å². The second kappa shape index (κ2) is 10.9. The van der Waals surface area contributed by atoms with Gasteiger partial charge in [0.2, 0.25) is 0 Å². The highest BCUT2D eigenvalue weighted by Crippen LogP contribution is 2.26. The van der Waals surface area contributed by atoms with Crippen molar-refractivity contribution in [2.75, 3.05) is 6.54 Å². The number of hydrogen-bond donors (Lipinski definition) is 2. The first kappa shape index (κ1) is 20.3. The van der Waals surface area contributed by atoms with Gasteiger partial charge in [-0.15, -0.1) is 24.0 Å². The number of rotatable bonds is 6. The fourth-order valence-electron chi connectivity index (χ4n) is 2.98. The van der Waals surface area contributed by atoms with Crippen LogP contribution in [0.3, 0.4) is 0 Å². The second-order valence-corrected chi connectivity index (χ2v) is 6.10. The second-order valence-electron chi connectivity index (χ2n) is 6.10. The quantitative estimate of drug-likeness (QED) is 0.405. The van der Waals surface area contributed by atoms with Crippen molar-refractivity contribution in [3.63, 3.8) is 0 Å². The van der Waals surface area contributed by atoms with E-state index in [1.165, 1.54) is 32.1 Å². The van der Waals surface area contributed by atoms with Crippen molar-refractivity contribution < 1.29 is 4.52 Å². The molecule has 0 bridgehead atoms. The van der Waals surface area contributed by atoms with E-state index in [1.54, 1.807) is 0 Å². The molecular formula is C17H31IN4O. The first-order valence-corrected chi connectivity index (χ1v) is 8.74. The lowest BCUT2D eigenvalue weighted by Crippen LogP contribution is -2.44. The third kappa shape index (κ3) is 6.69. The van der Waals surface area contributed by atoms with E-state index < -0.39 is 0 Å². The standard InChI is InChI=1S/C17H30N4O.HI/c1-4-13-7-9-15(10-8-13)20-17(18-6-3)19-12-16-11-14(5-2)21-22-16;/h11,13,15H,4-10,12H2,1-3H3,(H2,18,19,20);1H. The van der Waals surface area contributed by atoms with E-state index in [0.717, 1.165) is 36.3 Å². The molecule has 0 radical (unpaired) electrons. The van der Waals surface area contributed by atoms with Gasteiger partial charge in [0.05, 0.1) is 5.69 Å². The molecule has 1 heterocycles. The molecule has 0 aromatic carbocycles. The van der Waals surface area contributed by atoms with Crippen LogP contribution in [0.4, 0.5) is 0 Å². The van der Waals surface area contributed by atoms with Crippen LogP contribution in [-0.4, -0.2) is 23.7 Å². The largest absolute Gasteiger partial charge is 0.359 e. The monoisotopic (exact) mass is 434 g/mol. The van der Waals surface area contributed by atoms with Crippen molar-refractivity contribution in [3.05, 3.63) is 17.5 Å². The van der Waals surface area contributed by atoms with Crippen LogP contribution >= 0.6 is 24.0 Å². The topological polar surface area (TPSA) is 62.5 Å². The van der Waals surface area contributed by atoms with Crippen LogP contribution in [0.15, 0.2) is 15.6 Å². The van der Waals surface area contributed by atoms with Gasteiger partial charge in [0.15, 0.2) is 11.7 Å². The van der Waals surface area contributed by atoms with E-state index in [2.05, 4.69) is 41.6 Å². The van der Waals surface area contributed by atoms with E-state index in [0.29, 0.717) is 12.6 Å². The van der Waals surface area contributed by atoms with Crippen molar-refractivity contribution in [2.24, 2.45) is 10.9 Å². The minimum Gasteiger partial charge on any atom is -0.359 e. The highest BCUT2D eigenvalue weighted by Gasteiger charge is 2.20. The minimum atomic E-state index is 0. The van der Waals surface area contributed by atoms with Gasteiger partial charge in [0.25, 0.3) is 0 Å². The van der Waals surface area contributed by atoms with E-state index in [1.807, 2.05) is 6.07 Å². The van der Waals surface area contributed by atoms with Crippen LogP contribution in [0.5, 0.6) is 0 Å². The molecule has 1 fully saturated rings. The highest BCUT2D eigenvalue weighted by atomic mass is 127. The molecule has 1 aliphatic carbocycles. The average Bonchev–Trinajstić information content (AvgIpc) is 3.01. The number of aliphatic imine (C=N–C) groups is 1. The van der Waals surface area contributed by atoms with Crippen LogP contribution in [0.2, 0.25) is 0 Å². The van der Waals surface area contributed by atoms with Crippen LogP contribution in [0, 0.1) is 5.92 Å². The van der Waals surface area contributed by atoms with Gasteiger partial charge in [0, 0.05) is 18.7 Å². The fourth-order valence-corrected chi connectivity index (χ4v) is 2.98. The first-order valence-electron chi connectivity index (χ1n) is 8.74. The summed E-state index contributed by atoms with van der Waals surface area (Å²) >= 11 is 0. The predicted octanol–water partition coefficient (Wildman–Crippen LogP) is 3.88. The molecule has 23 heavy (non-hydrogen) atoms. The van der Waals surface area contributed by atoms with Gasteiger partial charge in [-0.1, -0.05) is 25.4 Å². The third-order valence-corrected chi connectivity index (χ3v) is 4.47. The number of nitrogens with zero attached hydrogens (tertiary/aromatic N) is 2. The number of nitrogens with one attached hydrogen (secondary N) is 2. The summed E-state index contributed by atoms with van der Waals surface area (Å²) in [6.45, 7) is 7.86. The maximum atomic E-state index is 5.29. The first-order chi connectivity index (χ1) is 10.7. The molecule has 132 valence electrons. The van der Waals surface area contributed by atoms with Crippen molar-refractivity contribution in [2.45, 2.75) is 71.9 Å². The average molecular weight is 434 g/mol. The molecule has 1 saturated carbocycles. The van der Waals surface area contributed by atoms with Crippen molar-refractivity contribution in [3.8, 4) is 0 Å². The number of hydrogen-bond acceptors (Lipinski definition) is 3. The maximum Gasteiger partial charge on any atom is 0.191 e. The highest BCUT2D eigenvalue weighted by molar-refractivity contribution is 14.0. The van der Waals surface area contributed by atoms with E-state index in [9.17, 15) is 0 Å². The zero-order chi connectivity index (χ0) is 15.8. The van der Waals surface area contributed by atoms with Gasteiger partial charge in [-0.05, 0) is 44.9 Å². The normalized spacial score (nSPS) is 21.6. The minimum absolute atomic E-state index is 0. The van der Waals surface area contributed by atoms with Gasteiger partial charge in [0.1, 0.15) is 6.54 Å². The van der Waals surface area contributed by atoms with E-state index in [4.69, 9.17) is 4.52 Å². The Bertz CT molecular complexity index is 467. The predicted molar refractivity (Wildman–Crippen MR) is 105 cm³/mol. The molecule has 0 aliphatic heterocycles. The molecule has 0 unspecified atom stereocenters. The summed E-state index contributed by atoms with van der Waals surface area (Å²) < 4.78 is 5.29. The SMILES string of the molecule is CCNC(=NCc1cc(CC)no1)NC1CCC(CC)CC1.I. The van der Waals surface area contributed by atoms with E-state index in [-0.39, 0.29) is 24.0 Å². The molecule has 0 spiro atoms. The Labute approximate surface area is 157 Å². The molecule has 0 saturated heterocycles. The lowest BCUT2D eigenvalue weighted by molar-refractivity contribution is 0.304. The molecule has 5 nitrogen and oxygen atoms in total. The summed E-state index contributed by atoms with van der Waals surface area (Å²) in [6, 6.07) is 2.53. The number of aromatic nitrogens is 1. The van der Waals surface area contributed by atoms with E-state index >= 15 is 0 Å². The zero-order valence-electron chi connectivity index (χ0n) is 14.6. The molecule has 2 N–H and O–H groups in total. The molecule has 0 amide bonds. The Morgan fingerprint density at radius 2 is 2.00 bits per heavy atom. The molecule has 6 heteroatoms. The Kier molecular flexibility index (Phi) is 9.59. The summed E-state index contributed by atoms with van der Waals surface area (Å²) in [5.74, 6) is 2.62. The summed E-state index contributed by atoms with van der Waals surface area (Å²) in [5.41, 5.74) is 0.987. The molecule has 1 aromatic rings. The van der Waals surface area contributed by atoms with Gasteiger partial charge in [-0.3, -0.25) is 0 Å². The molecule has 1 aliphatic rings. The summed E-state index contributed by atoms with van der Waals surface area (Å²) in [7, 11) is 0. The molecule has 2 rings (SSSR count). The summed E-state index contributed by atoms with van der Waals surface area (Å²) in [5, 5.41) is 10.9. The van der Waals surface area contributed by atoms with Gasteiger partial charge in [-0.2, -0.15) is 0 Å². The van der Waals surface area contributed by atoms with Crippen molar-refractivity contribution in [1.82, 2.24) is 15.8 Å².